The summed E-state index contributed by atoms with van der Waals surface area (Å²) in [5.74, 6) is 1.35. The molecule has 0 saturated carbocycles. The highest BCUT2D eigenvalue weighted by Gasteiger charge is 2.25. The molecule has 0 amide bonds. The van der Waals surface area contributed by atoms with Crippen LogP contribution in [-0.2, 0) is 0 Å². The minimum atomic E-state index is -1.29. The van der Waals surface area contributed by atoms with Crippen molar-refractivity contribution < 1.29 is 14.8 Å². The zero-order valence-electron chi connectivity index (χ0n) is 10.2. The Balaban J connectivity index is 2.20. The number of nitrogens with zero attached hydrogens (tertiary/aromatic N) is 1. The van der Waals surface area contributed by atoms with Gasteiger partial charge in [0.15, 0.2) is 0 Å². The first-order valence-corrected chi connectivity index (χ1v) is 7.07. The number of carboxylic acid groups (broad SMARTS) is 1. The van der Waals surface area contributed by atoms with Crippen molar-refractivity contribution in [2.75, 3.05) is 23.4 Å². The van der Waals surface area contributed by atoms with Gasteiger partial charge in [0, 0.05) is 6.54 Å². The van der Waals surface area contributed by atoms with Gasteiger partial charge >= 0.3 is 11.7 Å². The van der Waals surface area contributed by atoms with E-state index in [0.29, 0.717) is 12.5 Å². The highest BCUT2D eigenvalue weighted by molar-refractivity contribution is 7.99. The van der Waals surface area contributed by atoms with Crippen LogP contribution >= 0.6 is 11.8 Å². The number of hydrogen-bond acceptors (Lipinski definition) is 5. The maximum Gasteiger partial charge on any atom is 0.342 e. The molecule has 1 aliphatic heterocycles. The van der Waals surface area contributed by atoms with Crippen LogP contribution < -0.4 is 5.32 Å². The lowest BCUT2D eigenvalue weighted by Crippen LogP contribution is -2.15. The second kappa shape index (κ2) is 5.92. The summed E-state index contributed by atoms with van der Waals surface area (Å²) in [5, 5.41) is 23.0. The molecule has 102 valence electrons. The van der Waals surface area contributed by atoms with Crippen molar-refractivity contribution in [3.8, 4) is 0 Å². The van der Waals surface area contributed by atoms with Gasteiger partial charge in [-0.1, -0.05) is 6.07 Å². The molecule has 0 aromatic heterocycles. The standard InChI is InChI=1S/C12H14N2O4S/c15-12(16)9-2-1-3-10(11(9)14(17)18)13-6-8-4-5-19-7-8/h1-3,8,13H,4-7H2,(H,15,16). The van der Waals surface area contributed by atoms with Crippen LogP contribution in [0, 0.1) is 16.0 Å². The molecule has 2 rings (SSSR count). The lowest BCUT2D eigenvalue weighted by atomic mass is 10.1. The Morgan fingerprint density at radius 2 is 2.37 bits per heavy atom. The second-order valence-corrected chi connectivity index (χ2v) is 5.52. The largest absolute Gasteiger partial charge is 0.477 e. The van der Waals surface area contributed by atoms with Crippen LogP contribution in [0.2, 0.25) is 0 Å². The number of anilines is 1. The lowest BCUT2D eigenvalue weighted by molar-refractivity contribution is -0.384. The van der Waals surface area contributed by atoms with E-state index in [0.717, 1.165) is 17.9 Å². The van der Waals surface area contributed by atoms with Crippen molar-refractivity contribution in [3.63, 3.8) is 0 Å². The first kappa shape index (κ1) is 13.7. The molecular weight excluding hydrogens is 268 g/mol. The third-order valence-corrected chi connectivity index (χ3v) is 4.29. The number of nitro benzene ring substituents is 1. The molecule has 1 aliphatic rings. The summed E-state index contributed by atoms with van der Waals surface area (Å²) < 4.78 is 0. The third kappa shape index (κ3) is 3.17. The van der Waals surface area contributed by atoms with E-state index >= 15 is 0 Å². The normalized spacial score (nSPS) is 18.2. The van der Waals surface area contributed by atoms with Gasteiger partial charge in [0.2, 0.25) is 0 Å². The fourth-order valence-electron chi connectivity index (χ4n) is 2.05. The van der Waals surface area contributed by atoms with Crippen molar-refractivity contribution in [1.82, 2.24) is 0 Å². The summed E-state index contributed by atoms with van der Waals surface area (Å²) in [6, 6.07) is 4.31. The number of rotatable bonds is 5. The molecule has 0 radical (unpaired) electrons. The highest BCUT2D eigenvalue weighted by Crippen LogP contribution is 2.30. The van der Waals surface area contributed by atoms with Crippen LogP contribution in [-0.4, -0.2) is 34.0 Å². The number of para-hydroxylation sites is 1. The van der Waals surface area contributed by atoms with E-state index in [1.165, 1.54) is 12.1 Å². The van der Waals surface area contributed by atoms with E-state index < -0.39 is 10.9 Å². The van der Waals surface area contributed by atoms with Gasteiger partial charge in [-0.25, -0.2) is 4.79 Å². The maximum atomic E-state index is 11.0. The number of thioether (sulfide) groups is 1. The molecule has 1 heterocycles. The second-order valence-electron chi connectivity index (χ2n) is 4.37. The molecule has 0 aliphatic carbocycles. The maximum absolute atomic E-state index is 11.0. The Morgan fingerprint density at radius 3 is 2.95 bits per heavy atom. The highest BCUT2D eigenvalue weighted by atomic mass is 32.2. The van der Waals surface area contributed by atoms with Crippen LogP contribution in [0.5, 0.6) is 0 Å². The SMILES string of the molecule is O=C(O)c1cccc(NCC2CCSC2)c1[N+](=O)[O-]. The Kier molecular flexibility index (Phi) is 4.26. The molecule has 1 fully saturated rings. The van der Waals surface area contributed by atoms with Gasteiger partial charge < -0.3 is 10.4 Å². The predicted molar refractivity (Wildman–Crippen MR) is 74.0 cm³/mol. The van der Waals surface area contributed by atoms with E-state index in [1.807, 2.05) is 11.8 Å². The van der Waals surface area contributed by atoms with E-state index in [1.54, 1.807) is 6.07 Å². The summed E-state index contributed by atoms with van der Waals surface area (Å²) >= 11 is 1.87. The quantitative estimate of drug-likeness (QED) is 0.636. The van der Waals surface area contributed by atoms with E-state index in [9.17, 15) is 14.9 Å². The molecule has 2 N–H and O–H groups in total. The van der Waals surface area contributed by atoms with Gasteiger partial charge in [0.05, 0.1) is 4.92 Å². The Labute approximate surface area is 114 Å². The molecule has 0 spiro atoms. The van der Waals surface area contributed by atoms with Crippen molar-refractivity contribution in [2.45, 2.75) is 6.42 Å². The zero-order chi connectivity index (χ0) is 13.8. The number of carbonyl (C=O) groups is 1. The summed E-state index contributed by atoms with van der Waals surface area (Å²) in [7, 11) is 0. The monoisotopic (exact) mass is 282 g/mol. The molecular formula is C12H14N2O4S. The van der Waals surface area contributed by atoms with Crippen LogP contribution in [0.15, 0.2) is 18.2 Å². The van der Waals surface area contributed by atoms with Gasteiger partial charge in [-0.15, -0.1) is 0 Å². The van der Waals surface area contributed by atoms with Gasteiger partial charge in [-0.2, -0.15) is 11.8 Å². The number of hydrogen-bond donors (Lipinski definition) is 2. The lowest BCUT2D eigenvalue weighted by Gasteiger charge is -2.12. The Hall–Kier alpha value is -1.76. The number of benzene rings is 1. The van der Waals surface area contributed by atoms with Crippen molar-refractivity contribution in [2.24, 2.45) is 5.92 Å². The molecule has 7 heteroatoms. The van der Waals surface area contributed by atoms with Gasteiger partial charge in [0.25, 0.3) is 0 Å². The van der Waals surface area contributed by atoms with Crippen molar-refractivity contribution >= 4 is 29.1 Å². The molecule has 6 nitrogen and oxygen atoms in total. The molecule has 1 saturated heterocycles. The van der Waals surface area contributed by atoms with Crippen LogP contribution in [0.1, 0.15) is 16.8 Å². The Bertz CT molecular complexity index is 501. The van der Waals surface area contributed by atoms with E-state index in [2.05, 4.69) is 5.32 Å². The summed E-state index contributed by atoms with van der Waals surface area (Å²) in [6.45, 7) is 0.636. The molecule has 1 aromatic rings. The fraction of sp³-hybridized carbons (Fsp3) is 0.417. The first-order chi connectivity index (χ1) is 9.09. The fourth-order valence-corrected chi connectivity index (χ4v) is 3.34. The summed E-state index contributed by atoms with van der Waals surface area (Å²) in [4.78, 5) is 21.4. The number of nitrogens with one attached hydrogen (secondary N) is 1. The minimum Gasteiger partial charge on any atom is -0.477 e. The van der Waals surface area contributed by atoms with Crippen LogP contribution in [0.3, 0.4) is 0 Å². The van der Waals surface area contributed by atoms with E-state index in [4.69, 9.17) is 5.11 Å². The predicted octanol–water partition coefficient (Wildman–Crippen LogP) is 2.46. The topological polar surface area (TPSA) is 92.5 Å². The molecule has 1 atom stereocenters. The summed E-state index contributed by atoms with van der Waals surface area (Å²) in [5.41, 5.74) is -0.363. The number of aromatic carboxylic acids is 1. The van der Waals surface area contributed by atoms with Gasteiger partial charge in [-0.3, -0.25) is 10.1 Å². The minimum absolute atomic E-state index is 0.279. The van der Waals surface area contributed by atoms with Gasteiger partial charge in [0.1, 0.15) is 11.3 Å². The van der Waals surface area contributed by atoms with Gasteiger partial charge in [-0.05, 0) is 36.0 Å². The van der Waals surface area contributed by atoms with E-state index in [-0.39, 0.29) is 16.9 Å². The van der Waals surface area contributed by atoms with Crippen molar-refractivity contribution in [1.29, 1.82) is 0 Å². The average Bonchev–Trinajstić information content (AvgIpc) is 2.88. The Morgan fingerprint density at radius 1 is 1.58 bits per heavy atom. The third-order valence-electron chi connectivity index (χ3n) is 3.05. The van der Waals surface area contributed by atoms with Crippen LogP contribution in [0.4, 0.5) is 11.4 Å². The van der Waals surface area contributed by atoms with Crippen molar-refractivity contribution in [3.05, 3.63) is 33.9 Å². The molecule has 19 heavy (non-hydrogen) atoms. The number of carboxylic acids is 1. The molecule has 1 unspecified atom stereocenters. The average molecular weight is 282 g/mol. The molecule has 1 aromatic carbocycles. The molecule has 0 bridgehead atoms. The first-order valence-electron chi connectivity index (χ1n) is 5.92. The smallest absolute Gasteiger partial charge is 0.342 e. The summed E-state index contributed by atoms with van der Waals surface area (Å²) in [6.07, 6.45) is 1.09. The zero-order valence-corrected chi connectivity index (χ0v) is 11.0. The van der Waals surface area contributed by atoms with Crippen LogP contribution in [0.25, 0.3) is 0 Å². The number of nitro groups is 1.